The number of aliphatic carboxylic acids is 1. The fourth-order valence-corrected chi connectivity index (χ4v) is 1.48. The Labute approximate surface area is 109 Å². The molecule has 106 valence electrons. The molecule has 0 saturated carbocycles. The van der Waals surface area contributed by atoms with Crippen molar-refractivity contribution in [3.63, 3.8) is 0 Å². The largest absolute Gasteiger partial charge is 0.480 e. The van der Waals surface area contributed by atoms with Crippen LogP contribution in [0.4, 0.5) is 4.79 Å². The van der Waals surface area contributed by atoms with Crippen molar-refractivity contribution >= 4 is 23.8 Å². The van der Waals surface area contributed by atoms with Crippen LogP contribution in [-0.4, -0.2) is 66.5 Å². The second-order valence-electron chi connectivity index (χ2n) is 3.95. The lowest BCUT2D eigenvalue weighted by Gasteiger charge is -2.19. The molecule has 4 amide bonds. The summed E-state index contributed by atoms with van der Waals surface area (Å²) >= 11 is 0. The average Bonchev–Trinajstić information content (AvgIpc) is 2.58. The van der Waals surface area contributed by atoms with E-state index in [1.807, 2.05) is 0 Å². The van der Waals surface area contributed by atoms with E-state index in [9.17, 15) is 19.2 Å². The van der Waals surface area contributed by atoms with E-state index in [0.717, 1.165) is 0 Å². The van der Waals surface area contributed by atoms with Gasteiger partial charge in [0.1, 0.15) is 13.1 Å². The van der Waals surface area contributed by atoms with Crippen LogP contribution in [0.5, 0.6) is 0 Å². The van der Waals surface area contributed by atoms with Crippen molar-refractivity contribution in [3.8, 4) is 0 Å². The summed E-state index contributed by atoms with van der Waals surface area (Å²) in [6, 6.07) is -0.525. The number of urea groups is 1. The van der Waals surface area contributed by atoms with Crippen molar-refractivity contribution < 1.29 is 24.3 Å². The van der Waals surface area contributed by atoms with E-state index in [4.69, 9.17) is 5.11 Å². The standard InChI is InChI=1S/C10H16N4O5/c15-7(12-5-9(17)18)4-13-10(19)14-3-1-2-11-8(16)6-14/h1-6H2,(H,11,16)(H,12,15)(H,13,19)(H,17,18). The number of carboxylic acids is 1. The highest BCUT2D eigenvalue weighted by Gasteiger charge is 2.19. The van der Waals surface area contributed by atoms with Crippen molar-refractivity contribution in [1.82, 2.24) is 20.9 Å². The second-order valence-corrected chi connectivity index (χ2v) is 3.95. The molecule has 0 aromatic carbocycles. The molecule has 9 nitrogen and oxygen atoms in total. The number of rotatable bonds is 4. The zero-order valence-electron chi connectivity index (χ0n) is 10.3. The van der Waals surface area contributed by atoms with E-state index in [0.29, 0.717) is 19.5 Å². The van der Waals surface area contributed by atoms with Gasteiger partial charge in [0.2, 0.25) is 11.8 Å². The summed E-state index contributed by atoms with van der Waals surface area (Å²) in [6.45, 7) is 0.0522. The van der Waals surface area contributed by atoms with Crippen LogP contribution in [0.15, 0.2) is 0 Å². The van der Waals surface area contributed by atoms with E-state index in [2.05, 4.69) is 16.0 Å². The smallest absolute Gasteiger partial charge is 0.322 e. The van der Waals surface area contributed by atoms with Gasteiger partial charge >= 0.3 is 12.0 Å². The number of nitrogens with one attached hydrogen (secondary N) is 3. The molecular weight excluding hydrogens is 256 g/mol. The summed E-state index contributed by atoms with van der Waals surface area (Å²) in [4.78, 5) is 45.6. The highest BCUT2D eigenvalue weighted by atomic mass is 16.4. The third-order valence-electron chi connectivity index (χ3n) is 2.39. The first-order valence-electron chi connectivity index (χ1n) is 5.77. The summed E-state index contributed by atoms with van der Waals surface area (Å²) in [7, 11) is 0. The van der Waals surface area contributed by atoms with Gasteiger partial charge in [-0.05, 0) is 6.42 Å². The minimum absolute atomic E-state index is 0.0530. The molecular formula is C10H16N4O5. The van der Waals surface area contributed by atoms with E-state index in [1.165, 1.54) is 4.90 Å². The Morgan fingerprint density at radius 1 is 1.26 bits per heavy atom. The van der Waals surface area contributed by atoms with Gasteiger partial charge in [0.05, 0.1) is 6.54 Å². The molecule has 0 radical (unpaired) electrons. The monoisotopic (exact) mass is 272 g/mol. The van der Waals surface area contributed by atoms with Crippen LogP contribution in [0.2, 0.25) is 0 Å². The van der Waals surface area contributed by atoms with E-state index in [1.54, 1.807) is 0 Å². The highest BCUT2D eigenvalue weighted by molar-refractivity contribution is 5.88. The van der Waals surface area contributed by atoms with Gasteiger partial charge in [0.25, 0.3) is 0 Å². The molecule has 0 aromatic rings. The van der Waals surface area contributed by atoms with Gasteiger partial charge in [-0.25, -0.2) is 4.79 Å². The molecule has 1 aliphatic rings. The highest BCUT2D eigenvalue weighted by Crippen LogP contribution is 1.96. The number of hydrogen-bond acceptors (Lipinski definition) is 4. The molecule has 1 aliphatic heterocycles. The number of hydrogen-bond donors (Lipinski definition) is 4. The Balaban J connectivity index is 2.31. The van der Waals surface area contributed by atoms with E-state index < -0.39 is 24.5 Å². The van der Waals surface area contributed by atoms with Crippen molar-refractivity contribution in [3.05, 3.63) is 0 Å². The zero-order chi connectivity index (χ0) is 14.3. The Morgan fingerprint density at radius 3 is 2.68 bits per heavy atom. The maximum absolute atomic E-state index is 11.7. The molecule has 4 N–H and O–H groups in total. The first kappa shape index (κ1) is 14.7. The van der Waals surface area contributed by atoms with Crippen LogP contribution in [0.25, 0.3) is 0 Å². The van der Waals surface area contributed by atoms with Crippen LogP contribution < -0.4 is 16.0 Å². The lowest BCUT2D eigenvalue weighted by atomic mass is 10.4. The number of carbonyl (C=O) groups is 4. The van der Waals surface area contributed by atoms with E-state index >= 15 is 0 Å². The maximum Gasteiger partial charge on any atom is 0.322 e. The van der Waals surface area contributed by atoms with Gasteiger partial charge in [-0.1, -0.05) is 0 Å². The molecule has 0 bridgehead atoms. The number of nitrogens with zero attached hydrogens (tertiary/aromatic N) is 1. The average molecular weight is 272 g/mol. The SMILES string of the molecule is O=C(O)CNC(=O)CNC(=O)N1CCCNC(=O)C1. The molecule has 1 fully saturated rings. The van der Waals surface area contributed by atoms with Crippen LogP contribution in [0, 0.1) is 0 Å². The van der Waals surface area contributed by atoms with Crippen molar-refractivity contribution in [1.29, 1.82) is 0 Å². The van der Waals surface area contributed by atoms with Crippen LogP contribution in [0.3, 0.4) is 0 Å². The van der Waals surface area contributed by atoms with E-state index in [-0.39, 0.29) is 19.0 Å². The normalized spacial score (nSPS) is 15.2. The number of carbonyl (C=O) groups excluding carboxylic acids is 3. The summed E-state index contributed by atoms with van der Waals surface area (Å²) in [6.07, 6.45) is 0.643. The first-order valence-corrected chi connectivity index (χ1v) is 5.77. The molecule has 0 spiro atoms. The third-order valence-corrected chi connectivity index (χ3v) is 2.39. The van der Waals surface area contributed by atoms with Crippen molar-refractivity contribution in [2.75, 3.05) is 32.7 Å². The lowest BCUT2D eigenvalue weighted by molar-refractivity contribution is -0.137. The van der Waals surface area contributed by atoms with Crippen molar-refractivity contribution in [2.24, 2.45) is 0 Å². The van der Waals surface area contributed by atoms with Crippen molar-refractivity contribution in [2.45, 2.75) is 6.42 Å². The Morgan fingerprint density at radius 2 is 2.00 bits per heavy atom. The lowest BCUT2D eigenvalue weighted by Crippen LogP contribution is -2.47. The molecule has 1 heterocycles. The molecule has 1 rings (SSSR count). The maximum atomic E-state index is 11.7. The summed E-state index contributed by atoms with van der Waals surface area (Å²) < 4.78 is 0. The number of carboxylic acid groups (broad SMARTS) is 1. The fraction of sp³-hybridized carbons (Fsp3) is 0.600. The van der Waals surface area contributed by atoms with Crippen LogP contribution in [0.1, 0.15) is 6.42 Å². The van der Waals surface area contributed by atoms with Crippen LogP contribution in [-0.2, 0) is 14.4 Å². The van der Waals surface area contributed by atoms with Gasteiger partial charge in [-0.15, -0.1) is 0 Å². The molecule has 1 saturated heterocycles. The molecule has 9 heteroatoms. The molecule has 0 aliphatic carbocycles. The first-order chi connectivity index (χ1) is 8.99. The quantitative estimate of drug-likeness (QED) is 0.458. The topological polar surface area (TPSA) is 128 Å². The van der Waals surface area contributed by atoms with Gasteiger partial charge in [-0.2, -0.15) is 0 Å². The van der Waals surface area contributed by atoms with Gasteiger partial charge in [0.15, 0.2) is 0 Å². The van der Waals surface area contributed by atoms with Crippen LogP contribution >= 0.6 is 0 Å². The Kier molecular flexibility index (Phi) is 5.58. The van der Waals surface area contributed by atoms with Gasteiger partial charge < -0.3 is 26.0 Å². The zero-order valence-corrected chi connectivity index (χ0v) is 10.3. The Bertz CT molecular complexity index is 384. The molecule has 0 aromatic heterocycles. The number of amides is 4. The van der Waals surface area contributed by atoms with Gasteiger partial charge in [-0.3, -0.25) is 14.4 Å². The fourth-order valence-electron chi connectivity index (χ4n) is 1.48. The minimum Gasteiger partial charge on any atom is -0.480 e. The third kappa shape index (κ3) is 5.70. The predicted molar refractivity (Wildman–Crippen MR) is 63.2 cm³/mol. The summed E-state index contributed by atoms with van der Waals surface area (Å²) in [5.41, 5.74) is 0. The Hall–Kier alpha value is -2.32. The molecule has 0 atom stereocenters. The second kappa shape index (κ2) is 7.19. The molecule has 0 unspecified atom stereocenters. The predicted octanol–water partition coefficient (Wildman–Crippen LogP) is -2.28. The van der Waals surface area contributed by atoms with Gasteiger partial charge in [0, 0.05) is 13.1 Å². The summed E-state index contributed by atoms with van der Waals surface area (Å²) in [5, 5.41) is 15.4. The molecule has 19 heavy (non-hydrogen) atoms. The summed E-state index contributed by atoms with van der Waals surface area (Å²) in [5.74, 6) is -2.01. The minimum atomic E-state index is -1.16.